The van der Waals surface area contributed by atoms with Gasteiger partial charge in [-0.05, 0) is 18.6 Å². The monoisotopic (exact) mass is 340 g/mol. The van der Waals surface area contributed by atoms with Gasteiger partial charge in [0, 0.05) is 20.3 Å². The van der Waals surface area contributed by atoms with E-state index in [1.54, 1.807) is 11.7 Å². The molecule has 0 aliphatic rings. The van der Waals surface area contributed by atoms with Crippen LogP contribution >= 0.6 is 0 Å². The lowest BCUT2D eigenvalue weighted by atomic mass is 10.2. The molecule has 7 heteroatoms. The Balaban J connectivity index is 2.18. The van der Waals surface area contributed by atoms with E-state index in [2.05, 4.69) is 16.5 Å². The maximum absolute atomic E-state index is 12.5. The second kappa shape index (κ2) is 7.31. The molecule has 3 rings (SSSR count). The Hall–Kier alpha value is -2.93. The molecular weight excluding hydrogens is 320 g/mol. The van der Waals surface area contributed by atoms with E-state index in [1.165, 1.54) is 6.08 Å². The number of fused-ring (bicyclic) bond motifs is 2. The third-order valence-corrected chi connectivity index (χ3v) is 3.86. The first-order valence-electron chi connectivity index (χ1n) is 7.98. The highest BCUT2D eigenvalue weighted by atomic mass is 16.5. The van der Waals surface area contributed by atoms with E-state index in [4.69, 9.17) is 15.2 Å². The van der Waals surface area contributed by atoms with Crippen LogP contribution in [0.4, 0.5) is 5.82 Å². The fourth-order valence-electron chi connectivity index (χ4n) is 2.72. The number of methoxy groups -OCH3 is 1. The second-order valence-corrected chi connectivity index (χ2v) is 5.53. The standard InChI is InChI=1S/C18H20N4O3/c1-3-10-25-18(23)14-15-17(22(16(14)19)9-6-11-24-2)21-13-8-5-4-7-12(13)20-15/h3-5,7-8H,1,6,9-11,19H2,2H3. The average Bonchev–Trinajstić information content (AvgIpc) is 2.89. The Labute approximate surface area is 145 Å². The third-order valence-electron chi connectivity index (χ3n) is 3.86. The number of anilines is 1. The number of rotatable bonds is 7. The topological polar surface area (TPSA) is 92.3 Å². The van der Waals surface area contributed by atoms with Crippen LogP contribution in [0.1, 0.15) is 16.8 Å². The molecule has 2 N–H and O–H groups in total. The molecule has 0 aliphatic heterocycles. The predicted octanol–water partition coefficient (Wildman–Crippen LogP) is 2.55. The zero-order valence-corrected chi connectivity index (χ0v) is 14.1. The number of ether oxygens (including phenoxy) is 2. The fourth-order valence-corrected chi connectivity index (χ4v) is 2.72. The van der Waals surface area contributed by atoms with Crippen molar-refractivity contribution in [2.75, 3.05) is 26.1 Å². The highest BCUT2D eigenvalue weighted by Crippen LogP contribution is 2.28. The molecule has 7 nitrogen and oxygen atoms in total. The van der Waals surface area contributed by atoms with Crippen LogP contribution < -0.4 is 5.73 Å². The normalized spacial score (nSPS) is 11.1. The summed E-state index contributed by atoms with van der Waals surface area (Å²) < 4.78 is 12.1. The van der Waals surface area contributed by atoms with Crippen LogP contribution in [0.25, 0.3) is 22.2 Å². The summed E-state index contributed by atoms with van der Waals surface area (Å²) >= 11 is 0. The van der Waals surface area contributed by atoms with Gasteiger partial charge in [0.1, 0.15) is 23.5 Å². The van der Waals surface area contributed by atoms with Gasteiger partial charge in [-0.15, -0.1) is 0 Å². The molecule has 0 unspecified atom stereocenters. The van der Waals surface area contributed by atoms with Crippen LogP contribution in [-0.2, 0) is 16.0 Å². The van der Waals surface area contributed by atoms with Crippen LogP contribution in [0.15, 0.2) is 36.9 Å². The van der Waals surface area contributed by atoms with Gasteiger partial charge >= 0.3 is 5.97 Å². The van der Waals surface area contributed by atoms with E-state index in [0.29, 0.717) is 35.7 Å². The summed E-state index contributed by atoms with van der Waals surface area (Å²) in [5.41, 5.74) is 8.94. The number of aromatic nitrogens is 3. The first kappa shape index (κ1) is 16.9. The Morgan fingerprint density at radius 1 is 1.32 bits per heavy atom. The molecule has 3 aromatic rings. The first-order valence-corrected chi connectivity index (χ1v) is 7.98. The van der Waals surface area contributed by atoms with E-state index in [9.17, 15) is 4.79 Å². The van der Waals surface area contributed by atoms with Gasteiger partial charge in [-0.3, -0.25) is 0 Å². The molecule has 0 spiro atoms. The molecular formula is C18H20N4O3. The number of carbonyl (C=O) groups is 1. The van der Waals surface area contributed by atoms with Crippen LogP contribution in [0.5, 0.6) is 0 Å². The van der Waals surface area contributed by atoms with Crippen molar-refractivity contribution >= 4 is 34.0 Å². The van der Waals surface area contributed by atoms with E-state index in [0.717, 1.165) is 11.9 Å². The highest BCUT2D eigenvalue weighted by molar-refractivity contribution is 6.08. The zero-order valence-electron chi connectivity index (χ0n) is 14.1. The molecule has 0 aliphatic carbocycles. The molecule has 0 saturated heterocycles. The number of carbonyl (C=O) groups excluding carboxylic acids is 1. The first-order chi connectivity index (χ1) is 12.2. The number of nitrogens with zero attached hydrogens (tertiary/aromatic N) is 3. The second-order valence-electron chi connectivity index (χ2n) is 5.53. The third kappa shape index (κ3) is 3.18. The Bertz CT molecular complexity index is 933. The minimum atomic E-state index is -0.530. The van der Waals surface area contributed by atoms with Crippen LogP contribution in [0, 0.1) is 0 Å². The summed E-state index contributed by atoms with van der Waals surface area (Å²) in [5, 5.41) is 0. The van der Waals surface area contributed by atoms with Gasteiger partial charge in [-0.2, -0.15) is 0 Å². The summed E-state index contributed by atoms with van der Waals surface area (Å²) in [4.78, 5) is 21.7. The van der Waals surface area contributed by atoms with Crippen LogP contribution in [0.3, 0.4) is 0 Å². The highest BCUT2D eigenvalue weighted by Gasteiger charge is 2.24. The average molecular weight is 340 g/mol. The zero-order chi connectivity index (χ0) is 17.8. The molecule has 130 valence electrons. The lowest BCUT2D eigenvalue weighted by molar-refractivity contribution is 0.0553. The molecule has 0 atom stereocenters. The number of aryl methyl sites for hydroxylation is 1. The smallest absolute Gasteiger partial charge is 0.344 e. The minimum absolute atomic E-state index is 0.107. The van der Waals surface area contributed by atoms with Crippen molar-refractivity contribution in [2.24, 2.45) is 0 Å². The molecule has 1 aromatic carbocycles. The van der Waals surface area contributed by atoms with Crippen LogP contribution in [0.2, 0.25) is 0 Å². The molecule has 0 saturated carbocycles. The van der Waals surface area contributed by atoms with Gasteiger partial charge in [-0.1, -0.05) is 24.8 Å². The van der Waals surface area contributed by atoms with Crippen molar-refractivity contribution in [2.45, 2.75) is 13.0 Å². The van der Waals surface area contributed by atoms with Gasteiger partial charge in [0.25, 0.3) is 0 Å². The molecule has 2 aromatic heterocycles. The summed E-state index contributed by atoms with van der Waals surface area (Å²) in [5.74, 6) is -0.229. The van der Waals surface area contributed by atoms with Gasteiger partial charge in [0.05, 0.1) is 11.0 Å². The Kier molecular flexibility index (Phi) is 4.95. The molecule has 2 heterocycles. The quantitative estimate of drug-likeness (QED) is 0.404. The molecule has 0 amide bonds. The number of nitrogens with two attached hydrogens (primary N) is 1. The summed E-state index contributed by atoms with van der Waals surface area (Å²) in [6, 6.07) is 7.49. The number of hydrogen-bond acceptors (Lipinski definition) is 6. The van der Waals surface area contributed by atoms with Crippen molar-refractivity contribution in [3.05, 3.63) is 42.5 Å². The van der Waals surface area contributed by atoms with Crippen molar-refractivity contribution in [3.63, 3.8) is 0 Å². The Morgan fingerprint density at radius 2 is 2.04 bits per heavy atom. The number of nitrogen functional groups attached to an aromatic ring is 1. The lowest BCUT2D eigenvalue weighted by Gasteiger charge is -2.07. The van der Waals surface area contributed by atoms with Gasteiger partial charge < -0.3 is 19.8 Å². The number of esters is 1. The van der Waals surface area contributed by atoms with E-state index >= 15 is 0 Å². The molecule has 25 heavy (non-hydrogen) atoms. The SMILES string of the molecule is C=CCOC(=O)c1c(N)n(CCCOC)c2nc3ccccc3nc12. The predicted molar refractivity (Wildman–Crippen MR) is 96.4 cm³/mol. The lowest BCUT2D eigenvalue weighted by Crippen LogP contribution is -2.10. The van der Waals surface area contributed by atoms with Gasteiger partial charge in [-0.25, -0.2) is 14.8 Å². The number of hydrogen-bond donors (Lipinski definition) is 1. The number of benzene rings is 1. The van der Waals surface area contributed by atoms with Gasteiger partial charge in [0.2, 0.25) is 0 Å². The summed E-state index contributed by atoms with van der Waals surface area (Å²) in [6.07, 6.45) is 2.24. The van der Waals surface area contributed by atoms with Gasteiger partial charge in [0.15, 0.2) is 5.65 Å². The minimum Gasteiger partial charge on any atom is -0.458 e. The summed E-state index contributed by atoms with van der Waals surface area (Å²) in [7, 11) is 1.64. The summed E-state index contributed by atoms with van der Waals surface area (Å²) in [6.45, 7) is 4.81. The van der Waals surface area contributed by atoms with E-state index < -0.39 is 5.97 Å². The van der Waals surface area contributed by atoms with E-state index in [-0.39, 0.29) is 12.2 Å². The van der Waals surface area contributed by atoms with Crippen molar-refractivity contribution < 1.29 is 14.3 Å². The molecule has 0 radical (unpaired) electrons. The van der Waals surface area contributed by atoms with Crippen molar-refractivity contribution in [1.29, 1.82) is 0 Å². The maximum Gasteiger partial charge on any atom is 0.344 e. The molecule has 0 bridgehead atoms. The van der Waals surface area contributed by atoms with Crippen LogP contribution in [-0.4, -0.2) is 40.8 Å². The molecule has 0 fully saturated rings. The largest absolute Gasteiger partial charge is 0.458 e. The number of para-hydroxylation sites is 2. The van der Waals surface area contributed by atoms with Crippen molar-refractivity contribution in [1.82, 2.24) is 14.5 Å². The maximum atomic E-state index is 12.5. The fraction of sp³-hybridized carbons (Fsp3) is 0.278. The van der Waals surface area contributed by atoms with Crippen molar-refractivity contribution in [3.8, 4) is 0 Å². The Morgan fingerprint density at radius 3 is 2.72 bits per heavy atom. The van der Waals surface area contributed by atoms with E-state index in [1.807, 2.05) is 24.3 Å².